The standard InChI is InChI=1S/C19H25FN4O2/c1-5-6-16-18(13(4)21-22-17(25)11-12(2)3)19(26)24(23-16)15-9-7-14(20)8-10-15/h7-10,12,23H,5-6,11H2,1-4H3,(H,22,25). The molecule has 1 aromatic carbocycles. The zero-order valence-corrected chi connectivity index (χ0v) is 15.6. The molecule has 0 atom stereocenters. The second-order valence-electron chi connectivity index (χ2n) is 6.66. The van der Waals surface area contributed by atoms with Crippen LogP contribution in [0.15, 0.2) is 34.2 Å². The van der Waals surface area contributed by atoms with Crippen LogP contribution in [0.5, 0.6) is 0 Å². The molecular weight excluding hydrogens is 335 g/mol. The van der Waals surface area contributed by atoms with Crippen LogP contribution < -0.4 is 11.0 Å². The number of carbonyl (C=O) groups excluding carboxylic acids is 1. The normalized spacial score (nSPS) is 11.8. The zero-order valence-electron chi connectivity index (χ0n) is 15.6. The summed E-state index contributed by atoms with van der Waals surface area (Å²) in [5, 5.41) is 7.17. The van der Waals surface area contributed by atoms with Crippen LogP contribution in [0.4, 0.5) is 4.39 Å². The highest BCUT2D eigenvalue weighted by atomic mass is 19.1. The molecule has 0 aliphatic heterocycles. The highest BCUT2D eigenvalue weighted by Crippen LogP contribution is 2.11. The second-order valence-corrected chi connectivity index (χ2v) is 6.66. The quantitative estimate of drug-likeness (QED) is 0.588. The number of H-pyrrole nitrogens is 1. The first-order valence-corrected chi connectivity index (χ1v) is 8.76. The van der Waals surface area contributed by atoms with Gasteiger partial charge in [-0.3, -0.25) is 14.7 Å². The predicted molar refractivity (Wildman–Crippen MR) is 100 cm³/mol. The lowest BCUT2D eigenvalue weighted by atomic mass is 10.1. The van der Waals surface area contributed by atoms with E-state index in [9.17, 15) is 14.0 Å². The van der Waals surface area contributed by atoms with Crippen LogP contribution in [-0.4, -0.2) is 21.4 Å². The summed E-state index contributed by atoms with van der Waals surface area (Å²) in [6.45, 7) is 7.59. The summed E-state index contributed by atoms with van der Waals surface area (Å²) in [4.78, 5) is 24.7. The number of rotatable bonds is 7. The predicted octanol–water partition coefficient (Wildman–Crippen LogP) is 3.14. The molecule has 2 N–H and O–H groups in total. The number of amides is 1. The van der Waals surface area contributed by atoms with Crippen LogP contribution in [0.2, 0.25) is 0 Å². The molecule has 2 aromatic rings. The fraction of sp³-hybridized carbons (Fsp3) is 0.421. The second kappa shape index (κ2) is 8.60. The van der Waals surface area contributed by atoms with E-state index in [1.165, 1.54) is 28.9 Å². The van der Waals surface area contributed by atoms with Crippen LogP contribution in [-0.2, 0) is 11.2 Å². The van der Waals surface area contributed by atoms with Crippen molar-refractivity contribution in [2.75, 3.05) is 0 Å². The molecule has 1 heterocycles. The van der Waals surface area contributed by atoms with Crippen LogP contribution in [0.25, 0.3) is 5.69 Å². The molecule has 0 aliphatic carbocycles. The Hall–Kier alpha value is -2.70. The highest BCUT2D eigenvalue weighted by Gasteiger charge is 2.18. The summed E-state index contributed by atoms with van der Waals surface area (Å²) < 4.78 is 14.5. The van der Waals surface area contributed by atoms with Crippen LogP contribution in [0.3, 0.4) is 0 Å². The number of aromatic amines is 1. The molecule has 0 aliphatic rings. The molecule has 2 rings (SSSR count). The molecule has 0 saturated heterocycles. The van der Waals surface area contributed by atoms with Gasteiger partial charge in [-0.15, -0.1) is 0 Å². The van der Waals surface area contributed by atoms with Gasteiger partial charge in [0.2, 0.25) is 5.91 Å². The molecule has 0 radical (unpaired) electrons. The molecule has 1 aromatic heterocycles. The van der Waals surface area contributed by atoms with Gasteiger partial charge in [0, 0.05) is 12.1 Å². The van der Waals surface area contributed by atoms with Gasteiger partial charge >= 0.3 is 0 Å². The van der Waals surface area contributed by atoms with Gasteiger partial charge in [-0.25, -0.2) is 14.5 Å². The minimum atomic E-state index is -0.368. The number of hydrazone groups is 1. The average Bonchev–Trinajstić information content (AvgIpc) is 2.89. The number of benzene rings is 1. The van der Waals surface area contributed by atoms with Gasteiger partial charge in [-0.1, -0.05) is 27.2 Å². The minimum Gasteiger partial charge on any atom is -0.294 e. The van der Waals surface area contributed by atoms with Crippen molar-refractivity contribution in [1.29, 1.82) is 0 Å². The van der Waals surface area contributed by atoms with E-state index in [0.29, 0.717) is 29.8 Å². The number of hydrogen-bond acceptors (Lipinski definition) is 3. The maximum absolute atomic E-state index is 13.1. The Morgan fingerprint density at radius 1 is 1.31 bits per heavy atom. The van der Waals surface area contributed by atoms with Crippen molar-refractivity contribution < 1.29 is 9.18 Å². The summed E-state index contributed by atoms with van der Waals surface area (Å²) in [5.41, 5.74) is 4.37. The summed E-state index contributed by atoms with van der Waals surface area (Å²) in [6.07, 6.45) is 1.86. The van der Waals surface area contributed by atoms with Crippen molar-refractivity contribution in [1.82, 2.24) is 15.2 Å². The van der Waals surface area contributed by atoms with Crippen molar-refractivity contribution in [2.24, 2.45) is 11.0 Å². The van der Waals surface area contributed by atoms with E-state index in [0.717, 1.165) is 12.1 Å². The SMILES string of the molecule is CCCc1[nH]n(-c2ccc(F)cc2)c(=O)c1C(C)=NNC(=O)CC(C)C. The smallest absolute Gasteiger partial charge is 0.280 e. The minimum absolute atomic E-state index is 0.189. The van der Waals surface area contributed by atoms with E-state index >= 15 is 0 Å². The van der Waals surface area contributed by atoms with Crippen LogP contribution >= 0.6 is 0 Å². The van der Waals surface area contributed by atoms with Crippen LogP contribution in [0, 0.1) is 11.7 Å². The Balaban J connectivity index is 2.39. The molecule has 26 heavy (non-hydrogen) atoms. The van der Waals surface area contributed by atoms with Gasteiger partial charge in [-0.05, 0) is 43.5 Å². The van der Waals surface area contributed by atoms with Gasteiger partial charge in [0.05, 0.1) is 17.0 Å². The number of halogens is 1. The Morgan fingerprint density at radius 2 is 1.96 bits per heavy atom. The van der Waals surface area contributed by atoms with Gasteiger partial charge in [0.15, 0.2) is 0 Å². The molecule has 6 nitrogen and oxygen atoms in total. The summed E-state index contributed by atoms with van der Waals surface area (Å²) in [6, 6.07) is 5.66. The fourth-order valence-electron chi connectivity index (χ4n) is 2.68. The fourth-order valence-corrected chi connectivity index (χ4v) is 2.68. The molecule has 1 amide bonds. The van der Waals surface area contributed by atoms with Gasteiger partial charge in [-0.2, -0.15) is 5.10 Å². The first-order chi connectivity index (χ1) is 12.3. The third kappa shape index (κ3) is 4.68. The number of carbonyl (C=O) groups is 1. The van der Waals surface area contributed by atoms with E-state index in [2.05, 4.69) is 15.6 Å². The molecule has 7 heteroatoms. The van der Waals surface area contributed by atoms with E-state index in [-0.39, 0.29) is 23.2 Å². The zero-order chi connectivity index (χ0) is 19.3. The first-order valence-electron chi connectivity index (χ1n) is 8.76. The summed E-state index contributed by atoms with van der Waals surface area (Å²) >= 11 is 0. The van der Waals surface area contributed by atoms with Crippen molar-refractivity contribution in [3.63, 3.8) is 0 Å². The average molecular weight is 360 g/mol. The Bertz CT molecular complexity index is 847. The van der Waals surface area contributed by atoms with Crippen molar-refractivity contribution in [3.05, 3.63) is 51.7 Å². The first kappa shape index (κ1) is 19.6. The number of aryl methyl sites for hydroxylation is 1. The molecule has 0 spiro atoms. The van der Waals surface area contributed by atoms with E-state index < -0.39 is 0 Å². The molecule has 140 valence electrons. The molecule has 0 unspecified atom stereocenters. The Morgan fingerprint density at radius 3 is 2.54 bits per heavy atom. The molecule has 0 bridgehead atoms. The largest absolute Gasteiger partial charge is 0.294 e. The number of hydrogen-bond donors (Lipinski definition) is 2. The van der Waals surface area contributed by atoms with Crippen molar-refractivity contribution in [2.45, 2.75) is 47.0 Å². The highest BCUT2D eigenvalue weighted by molar-refractivity contribution is 6.00. The molecular formula is C19H25FN4O2. The molecule has 0 fully saturated rings. The third-order valence-electron chi connectivity index (χ3n) is 3.85. The van der Waals surface area contributed by atoms with E-state index in [1.807, 2.05) is 20.8 Å². The van der Waals surface area contributed by atoms with Crippen molar-refractivity contribution in [3.8, 4) is 5.69 Å². The van der Waals surface area contributed by atoms with E-state index in [4.69, 9.17) is 0 Å². The topological polar surface area (TPSA) is 79.2 Å². The lowest BCUT2D eigenvalue weighted by Gasteiger charge is -2.04. The van der Waals surface area contributed by atoms with Crippen LogP contribution in [0.1, 0.15) is 51.8 Å². The monoisotopic (exact) mass is 360 g/mol. The number of nitrogens with zero attached hydrogens (tertiary/aromatic N) is 2. The molecule has 0 saturated carbocycles. The van der Waals surface area contributed by atoms with Crippen molar-refractivity contribution >= 4 is 11.6 Å². The Labute approximate surface area is 152 Å². The van der Waals surface area contributed by atoms with Gasteiger partial charge < -0.3 is 0 Å². The van der Waals surface area contributed by atoms with Gasteiger partial charge in [0.1, 0.15) is 5.82 Å². The Kier molecular flexibility index (Phi) is 6.49. The maximum Gasteiger partial charge on any atom is 0.280 e. The summed E-state index contributed by atoms with van der Waals surface area (Å²) in [5.74, 6) is -0.331. The number of aromatic nitrogens is 2. The third-order valence-corrected chi connectivity index (χ3v) is 3.85. The summed E-state index contributed by atoms with van der Waals surface area (Å²) in [7, 11) is 0. The maximum atomic E-state index is 13.1. The lowest BCUT2D eigenvalue weighted by Crippen LogP contribution is -2.24. The van der Waals surface area contributed by atoms with E-state index in [1.54, 1.807) is 6.92 Å². The lowest BCUT2D eigenvalue weighted by molar-refractivity contribution is -0.121. The van der Waals surface area contributed by atoms with Gasteiger partial charge in [0.25, 0.3) is 5.56 Å². The number of nitrogens with one attached hydrogen (secondary N) is 2.